The van der Waals surface area contributed by atoms with E-state index in [0.29, 0.717) is 5.69 Å². The fourth-order valence-corrected chi connectivity index (χ4v) is 2.37. The van der Waals surface area contributed by atoms with Crippen molar-refractivity contribution in [2.45, 2.75) is 13.1 Å². The first-order valence-electron chi connectivity index (χ1n) is 4.82. The second-order valence-corrected chi connectivity index (χ2v) is 4.92. The topological polar surface area (TPSA) is 54.6 Å². The number of halogens is 5. The monoisotopic (exact) mass is 356 g/mol. The molecule has 0 aliphatic rings. The Morgan fingerprint density at radius 3 is 2.58 bits per heavy atom. The maximum Gasteiger partial charge on any atom is 0.420 e. The first kappa shape index (κ1) is 14.1. The molecule has 0 atom stereocenters. The molecule has 0 unspecified atom stereocenters. The smallest absolute Gasteiger partial charge is 0.420 e. The highest BCUT2D eigenvalue weighted by atomic mass is 79.9. The summed E-state index contributed by atoms with van der Waals surface area (Å²) in [6, 6.07) is 0.847. The van der Waals surface area contributed by atoms with E-state index in [1.54, 1.807) is 0 Å². The number of fused-ring (bicyclic) bond motifs is 1. The zero-order valence-electron chi connectivity index (χ0n) is 9.22. The van der Waals surface area contributed by atoms with Crippen LogP contribution in [0.25, 0.3) is 5.65 Å². The van der Waals surface area contributed by atoms with Crippen LogP contribution in [0.3, 0.4) is 0 Å². The highest BCUT2D eigenvalue weighted by molar-refractivity contribution is 9.10. The van der Waals surface area contributed by atoms with Crippen molar-refractivity contribution in [3.8, 4) is 0 Å². The predicted molar refractivity (Wildman–Crippen MR) is 64.6 cm³/mol. The molecule has 0 aliphatic carbocycles. The van der Waals surface area contributed by atoms with Gasteiger partial charge in [0, 0.05) is 10.2 Å². The molecule has 19 heavy (non-hydrogen) atoms. The van der Waals surface area contributed by atoms with Crippen LogP contribution in [-0.2, 0) is 6.18 Å². The molecule has 0 aliphatic heterocycles. The first-order valence-corrected chi connectivity index (χ1v) is 5.99. The SMILES string of the molecule is Cc1c(Br)cc(C(F)(F)F)c2nc(C(=O)O)c(Cl)n12. The molecule has 4 nitrogen and oxygen atoms in total. The van der Waals surface area contributed by atoms with E-state index >= 15 is 0 Å². The Morgan fingerprint density at radius 2 is 2.11 bits per heavy atom. The summed E-state index contributed by atoms with van der Waals surface area (Å²) in [5.74, 6) is -1.49. The van der Waals surface area contributed by atoms with Gasteiger partial charge in [-0.15, -0.1) is 0 Å². The van der Waals surface area contributed by atoms with Gasteiger partial charge in [-0.2, -0.15) is 13.2 Å². The number of pyridine rings is 1. The molecule has 0 amide bonds. The third kappa shape index (κ3) is 2.18. The van der Waals surface area contributed by atoms with Crippen LogP contribution in [-0.4, -0.2) is 20.5 Å². The molecule has 2 rings (SSSR count). The number of carboxylic acid groups (broad SMARTS) is 1. The summed E-state index contributed by atoms with van der Waals surface area (Å²) in [7, 11) is 0. The van der Waals surface area contributed by atoms with Crippen molar-refractivity contribution in [1.82, 2.24) is 9.38 Å². The van der Waals surface area contributed by atoms with Gasteiger partial charge in [-0.1, -0.05) is 11.6 Å². The quantitative estimate of drug-likeness (QED) is 0.845. The lowest BCUT2D eigenvalue weighted by Gasteiger charge is -2.11. The number of imidazole rings is 1. The molecule has 0 fully saturated rings. The van der Waals surface area contributed by atoms with E-state index in [4.69, 9.17) is 16.7 Å². The normalized spacial score (nSPS) is 12.1. The minimum atomic E-state index is -4.66. The Labute approximate surface area is 117 Å². The van der Waals surface area contributed by atoms with Gasteiger partial charge < -0.3 is 5.11 Å². The standard InChI is InChI=1S/C10H5BrClF3N2O2/c1-3-5(11)2-4(10(13,14)15)8-16-6(9(18)19)7(12)17(3)8/h2H,1H3,(H,18,19). The molecule has 0 aromatic carbocycles. The van der Waals surface area contributed by atoms with E-state index in [1.807, 2.05) is 0 Å². The summed E-state index contributed by atoms with van der Waals surface area (Å²) >= 11 is 8.77. The van der Waals surface area contributed by atoms with Gasteiger partial charge in [-0.05, 0) is 28.9 Å². The van der Waals surface area contributed by atoms with Gasteiger partial charge in [0.2, 0.25) is 0 Å². The predicted octanol–water partition coefficient (Wildman–Crippen LogP) is 3.78. The Bertz CT molecular complexity index is 696. The maximum absolute atomic E-state index is 12.9. The molecule has 0 radical (unpaired) electrons. The highest BCUT2D eigenvalue weighted by Crippen LogP contribution is 2.37. The van der Waals surface area contributed by atoms with Crippen LogP contribution in [0.15, 0.2) is 10.5 Å². The van der Waals surface area contributed by atoms with Crippen molar-refractivity contribution in [3.05, 3.63) is 32.6 Å². The summed E-state index contributed by atoms with van der Waals surface area (Å²) < 4.78 is 39.8. The lowest BCUT2D eigenvalue weighted by atomic mass is 10.2. The van der Waals surface area contributed by atoms with Crippen LogP contribution in [0.1, 0.15) is 21.7 Å². The van der Waals surface area contributed by atoms with Crippen LogP contribution >= 0.6 is 27.5 Å². The van der Waals surface area contributed by atoms with Crippen molar-refractivity contribution >= 4 is 39.1 Å². The molecule has 1 N–H and O–H groups in total. The first-order chi connectivity index (χ1) is 8.64. The number of aryl methyl sites for hydroxylation is 1. The molecule has 102 valence electrons. The number of carboxylic acids is 1. The lowest BCUT2D eigenvalue weighted by Crippen LogP contribution is -2.09. The van der Waals surface area contributed by atoms with Crippen molar-refractivity contribution in [3.63, 3.8) is 0 Å². The lowest BCUT2D eigenvalue weighted by molar-refractivity contribution is -0.136. The third-order valence-electron chi connectivity index (χ3n) is 2.52. The van der Waals surface area contributed by atoms with E-state index in [-0.39, 0.29) is 9.63 Å². The van der Waals surface area contributed by atoms with Crippen molar-refractivity contribution < 1.29 is 23.1 Å². The number of rotatable bonds is 1. The van der Waals surface area contributed by atoms with E-state index in [1.165, 1.54) is 6.92 Å². The van der Waals surface area contributed by atoms with Crippen LogP contribution in [0.2, 0.25) is 5.15 Å². The molecule has 0 spiro atoms. The minimum Gasteiger partial charge on any atom is -0.476 e. The number of hydrogen-bond donors (Lipinski definition) is 1. The van der Waals surface area contributed by atoms with Crippen molar-refractivity contribution in [1.29, 1.82) is 0 Å². The van der Waals surface area contributed by atoms with E-state index < -0.39 is 29.1 Å². The number of nitrogens with zero attached hydrogens (tertiary/aromatic N) is 2. The Kier molecular flexibility index (Phi) is 3.26. The summed E-state index contributed by atoms with van der Waals surface area (Å²) in [6.45, 7) is 1.50. The van der Waals surface area contributed by atoms with Gasteiger partial charge in [0.15, 0.2) is 11.3 Å². The van der Waals surface area contributed by atoms with Gasteiger partial charge >= 0.3 is 12.1 Å². The fraction of sp³-hybridized carbons (Fsp3) is 0.200. The summed E-state index contributed by atoms with van der Waals surface area (Å²) in [6.07, 6.45) is -4.66. The van der Waals surface area contributed by atoms with Gasteiger partial charge in [-0.3, -0.25) is 4.40 Å². The van der Waals surface area contributed by atoms with Crippen LogP contribution in [0.4, 0.5) is 13.2 Å². The molecule has 0 saturated carbocycles. The van der Waals surface area contributed by atoms with Crippen LogP contribution in [0.5, 0.6) is 0 Å². The fourth-order valence-electron chi connectivity index (χ4n) is 1.63. The maximum atomic E-state index is 12.9. The summed E-state index contributed by atoms with van der Waals surface area (Å²) in [4.78, 5) is 14.4. The minimum absolute atomic E-state index is 0.156. The Hall–Kier alpha value is -1.28. The molecule has 2 aromatic heterocycles. The Morgan fingerprint density at radius 1 is 1.53 bits per heavy atom. The molecule has 9 heteroatoms. The average Bonchev–Trinajstić information content (AvgIpc) is 2.60. The molecule has 0 bridgehead atoms. The zero-order valence-corrected chi connectivity index (χ0v) is 11.6. The average molecular weight is 358 g/mol. The molecular weight excluding hydrogens is 352 g/mol. The molecule has 0 saturated heterocycles. The summed E-state index contributed by atoms with van der Waals surface area (Å²) in [5, 5.41) is 8.50. The van der Waals surface area contributed by atoms with Crippen molar-refractivity contribution in [2.75, 3.05) is 0 Å². The molecule has 2 aromatic rings. The van der Waals surface area contributed by atoms with E-state index in [9.17, 15) is 18.0 Å². The van der Waals surface area contributed by atoms with Gasteiger partial charge in [0.25, 0.3) is 0 Å². The number of aromatic carboxylic acids is 1. The van der Waals surface area contributed by atoms with Crippen LogP contribution < -0.4 is 0 Å². The van der Waals surface area contributed by atoms with E-state index in [0.717, 1.165) is 10.5 Å². The van der Waals surface area contributed by atoms with Gasteiger partial charge in [-0.25, -0.2) is 9.78 Å². The molecular formula is C10H5BrClF3N2O2. The van der Waals surface area contributed by atoms with Crippen molar-refractivity contribution in [2.24, 2.45) is 0 Å². The molecule has 2 heterocycles. The second-order valence-electron chi connectivity index (χ2n) is 3.70. The number of hydrogen-bond acceptors (Lipinski definition) is 2. The Balaban J connectivity index is 2.98. The van der Waals surface area contributed by atoms with Crippen LogP contribution in [0, 0.1) is 6.92 Å². The number of aromatic nitrogens is 2. The third-order valence-corrected chi connectivity index (χ3v) is 3.67. The zero-order chi connectivity index (χ0) is 14.5. The van der Waals surface area contributed by atoms with E-state index in [2.05, 4.69) is 20.9 Å². The summed E-state index contributed by atoms with van der Waals surface area (Å²) in [5.41, 5.74) is -1.88. The second kappa shape index (κ2) is 4.38. The number of carbonyl (C=O) groups is 1. The largest absolute Gasteiger partial charge is 0.476 e. The highest BCUT2D eigenvalue weighted by Gasteiger charge is 2.36. The van der Waals surface area contributed by atoms with Gasteiger partial charge in [0.05, 0.1) is 5.56 Å². The van der Waals surface area contributed by atoms with Gasteiger partial charge in [0.1, 0.15) is 5.15 Å². The number of alkyl halides is 3.